The third-order valence-corrected chi connectivity index (χ3v) is 3.35. The van der Waals surface area contributed by atoms with Crippen molar-refractivity contribution in [1.29, 1.82) is 0 Å². The summed E-state index contributed by atoms with van der Waals surface area (Å²) < 4.78 is 131. The second-order valence-electron chi connectivity index (χ2n) is 5.07. The van der Waals surface area contributed by atoms with E-state index in [4.69, 9.17) is 0 Å². The van der Waals surface area contributed by atoms with E-state index in [0.29, 0.717) is 12.2 Å². The fourth-order valence-corrected chi connectivity index (χ4v) is 1.97. The third-order valence-electron chi connectivity index (χ3n) is 3.35. The molecule has 28 heavy (non-hydrogen) atoms. The van der Waals surface area contributed by atoms with E-state index in [9.17, 15) is 43.9 Å². The molecule has 0 saturated heterocycles. The Kier molecular flexibility index (Phi) is 6.32. The molecule has 0 aliphatic heterocycles. The fraction of sp³-hybridized carbons (Fsp3) is 0. The van der Waals surface area contributed by atoms with Gasteiger partial charge in [-0.15, -0.1) is 0 Å². The van der Waals surface area contributed by atoms with E-state index in [1.807, 2.05) is 0 Å². The van der Waals surface area contributed by atoms with Crippen molar-refractivity contribution in [3.63, 3.8) is 0 Å². The minimum Gasteiger partial charge on any atom is -0.203 e. The van der Waals surface area contributed by atoms with Crippen molar-refractivity contribution in [3.05, 3.63) is 93.6 Å². The summed E-state index contributed by atoms with van der Waals surface area (Å²) >= 11 is 0. The summed E-state index contributed by atoms with van der Waals surface area (Å²) in [6.07, 6.45) is 4.58. The van der Waals surface area contributed by atoms with Crippen LogP contribution in [0.4, 0.5) is 43.9 Å². The molecule has 2 aromatic rings. The van der Waals surface area contributed by atoms with Crippen molar-refractivity contribution in [3.8, 4) is 0 Å². The Morgan fingerprint density at radius 2 is 0.500 bits per heavy atom. The minimum absolute atomic E-state index is 0.527. The van der Waals surface area contributed by atoms with Crippen LogP contribution in [0.25, 0.3) is 12.2 Å². The molecule has 2 rings (SSSR count). The van der Waals surface area contributed by atoms with Gasteiger partial charge in [-0.25, -0.2) is 43.9 Å². The molecule has 0 unspecified atom stereocenters. The average molecular weight is 412 g/mol. The van der Waals surface area contributed by atoms with Crippen LogP contribution in [-0.2, 0) is 0 Å². The highest BCUT2D eigenvalue weighted by molar-refractivity contribution is 5.55. The molecule has 0 fully saturated rings. The first-order valence-electron chi connectivity index (χ1n) is 7.13. The Balaban J connectivity index is 2.25. The van der Waals surface area contributed by atoms with Crippen LogP contribution in [0.15, 0.2) is 24.3 Å². The lowest BCUT2D eigenvalue weighted by Crippen LogP contribution is -2.03. The topological polar surface area (TPSA) is 0 Å². The number of hydrogen-bond acceptors (Lipinski definition) is 0. The Labute approximate surface area is 150 Å². The van der Waals surface area contributed by atoms with Crippen LogP contribution in [-0.4, -0.2) is 0 Å². The summed E-state index contributed by atoms with van der Waals surface area (Å²) in [5.74, 6) is -21.5. The van der Waals surface area contributed by atoms with Crippen molar-refractivity contribution in [2.24, 2.45) is 0 Å². The van der Waals surface area contributed by atoms with Gasteiger partial charge in [0.2, 0.25) is 11.6 Å². The van der Waals surface area contributed by atoms with Crippen LogP contribution >= 0.6 is 0 Å². The van der Waals surface area contributed by atoms with E-state index in [0.717, 1.165) is 24.3 Å². The molecule has 0 N–H and O–H groups in total. The summed E-state index contributed by atoms with van der Waals surface area (Å²) in [6, 6.07) is 0. The summed E-state index contributed by atoms with van der Waals surface area (Å²) in [7, 11) is 0. The van der Waals surface area contributed by atoms with E-state index in [1.54, 1.807) is 0 Å². The Bertz CT molecular complexity index is 878. The van der Waals surface area contributed by atoms with Crippen molar-refractivity contribution in [2.75, 3.05) is 0 Å². The summed E-state index contributed by atoms with van der Waals surface area (Å²) in [5, 5.41) is 0. The molecule has 148 valence electrons. The molecule has 0 nitrogen and oxygen atoms in total. The van der Waals surface area contributed by atoms with Gasteiger partial charge in [-0.1, -0.05) is 24.3 Å². The Morgan fingerprint density at radius 1 is 0.286 bits per heavy atom. The van der Waals surface area contributed by atoms with Crippen molar-refractivity contribution in [1.82, 2.24) is 0 Å². The van der Waals surface area contributed by atoms with Crippen LogP contribution in [0.2, 0.25) is 0 Å². The Hall–Kier alpha value is -3.04. The number of allylic oxidation sites excluding steroid dienone is 4. The molecular weight excluding hydrogens is 406 g/mol. The van der Waals surface area contributed by atoms with Crippen molar-refractivity contribution in [2.45, 2.75) is 0 Å². The molecule has 0 aliphatic carbocycles. The van der Waals surface area contributed by atoms with E-state index in [2.05, 4.69) is 0 Å². The number of halogens is 10. The van der Waals surface area contributed by atoms with Gasteiger partial charge in [-0.3, -0.25) is 0 Å². The van der Waals surface area contributed by atoms with Gasteiger partial charge >= 0.3 is 0 Å². The standard InChI is InChI=1S/C18H6F10/c19-9-7(10(20)14(24)17(27)13(9)23)5-3-1-2-4-6-8-11(21)15(25)18(28)16(26)12(8)22/h1-6H/b2-1+,5-3+,6-4+. The maximum Gasteiger partial charge on any atom is 0.200 e. The zero-order valence-corrected chi connectivity index (χ0v) is 13.2. The second-order valence-corrected chi connectivity index (χ2v) is 5.07. The summed E-state index contributed by atoms with van der Waals surface area (Å²) in [5.41, 5.74) is -2.46. The number of benzene rings is 2. The number of rotatable bonds is 4. The van der Waals surface area contributed by atoms with Crippen LogP contribution in [0.5, 0.6) is 0 Å². The molecule has 0 atom stereocenters. The predicted molar refractivity (Wildman–Crippen MR) is 79.7 cm³/mol. The van der Waals surface area contributed by atoms with Gasteiger partial charge in [0, 0.05) is 0 Å². The molecule has 0 saturated carbocycles. The molecule has 2 aromatic carbocycles. The lowest BCUT2D eigenvalue weighted by molar-refractivity contribution is 0.377. The Morgan fingerprint density at radius 3 is 0.750 bits per heavy atom. The van der Waals surface area contributed by atoms with Gasteiger partial charge in [0.05, 0.1) is 11.1 Å². The zero-order valence-electron chi connectivity index (χ0n) is 13.2. The summed E-state index contributed by atoms with van der Waals surface area (Å²) in [6.45, 7) is 0. The van der Waals surface area contributed by atoms with Gasteiger partial charge in [0.25, 0.3) is 0 Å². The van der Waals surface area contributed by atoms with Gasteiger partial charge in [-0.05, 0) is 12.2 Å². The van der Waals surface area contributed by atoms with Crippen LogP contribution in [0, 0.1) is 58.2 Å². The molecule has 0 spiro atoms. The first-order valence-corrected chi connectivity index (χ1v) is 7.13. The molecule has 0 aromatic heterocycles. The van der Waals surface area contributed by atoms with Gasteiger partial charge in [0.15, 0.2) is 46.5 Å². The van der Waals surface area contributed by atoms with Crippen molar-refractivity contribution < 1.29 is 43.9 Å². The molecule has 0 aliphatic rings. The lowest BCUT2D eigenvalue weighted by Gasteiger charge is -2.03. The lowest BCUT2D eigenvalue weighted by atomic mass is 10.1. The molecule has 0 radical (unpaired) electrons. The van der Waals surface area contributed by atoms with E-state index < -0.39 is 69.3 Å². The van der Waals surface area contributed by atoms with Crippen LogP contribution in [0.1, 0.15) is 11.1 Å². The first kappa shape index (κ1) is 21.3. The van der Waals surface area contributed by atoms with Gasteiger partial charge in [-0.2, -0.15) is 0 Å². The normalized spacial score (nSPS) is 12.2. The molecule has 10 heteroatoms. The molecule has 0 heterocycles. The summed E-state index contributed by atoms with van der Waals surface area (Å²) in [4.78, 5) is 0. The largest absolute Gasteiger partial charge is 0.203 e. The average Bonchev–Trinajstić information content (AvgIpc) is 2.68. The zero-order chi connectivity index (χ0) is 21.2. The molecule has 0 bridgehead atoms. The van der Waals surface area contributed by atoms with E-state index in [1.165, 1.54) is 0 Å². The monoisotopic (exact) mass is 412 g/mol. The number of hydrogen-bond donors (Lipinski definition) is 0. The third kappa shape index (κ3) is 3.80. The van der Waals surface area contributed by atoms with E-state index >= 15 is 0 Å². The first-order chi connectivity index (χ1) is 13.1. The van der Waals surface area contributed by atoms with Gasteiger partial charge in [0.1, 0.15) is 0 Å². The highest BCUT2D eigenvalue weighted by atomic mass is 19.2. The van der Waals surface area contributed by atoms with Crippen LogP contribution < -0.4 is 0 Å². The maximum absolute atomic E-state index is 13.4. The quantitative estimate of drug-likeness (QED) is 0.237. The second kappa shape index (κ2) is 8.32. The minimum atomic E-state index is -2.33. The smallest absolute Gasteiger partial charge is 0.200 e. The van der Waals surface area contributed by atoms with Crippen LogP contribution in [0.3, 0.4) is 0 Å². The highest BCUT2D eigenvalue weighted by Crippen LogP contribution is 2.25. The van der Waals surface area contributed by atoms with Gasteiger partial charge < -0.3 is 0 Å². The van der Waals surface area contributed by atoms with Crippen molar-refractivity contribution >= 4 is 12.2 Å². The highest BCUT2D eigenvalue weighted by Gasteiger charge is 2.25. The van der Waals surface area contributed by atoms with E-state index in [-0.39, 0.29) is 0 Å². The fourth-order valence-electron chi connectivity index (χ4n) is 1.97. The SMILES string of the molecule is Fc1c(F)c(F)c(/C=C/C=C/C=C/c2c(F)c(F)c(F)c(F)c2F)c(F)c1F. The molecule has 0 amide bonds. The molecular formula is C18H6F10. The maximum atomic E-state index is 13.4. The predicted octanol–water partition coefficient (Wildman–Crippen LogP) is 6.36.